The number of hydrogen-bond donors (Lipinski definition) is 1. The third kappa shape index (κ3) is 3.49. The molecule has 0 bridgehead atoms. The first-order chi connectivity index (χ1) is 8.81. The maximum atomic E-state index is 3.53. The summed E-state index contributed by atoms with van der Waals surface area (Å²) in [5.74, 6) is 0. The van der Waals surface area contributed by atoms with Crippen molar-refractivity contribution >= 4 is 5.69 Å². The Kier molecular flexibility index (Phi) is 5.06. The molecule has 1 N–H and O–H groups in total. The highest BCUT2D eigenvalue weighted by molar-refractivity contribution is 5.48. The monoisotopic (exact) mass is 246 g/mol. The number of nitrogens with zero attached hydrogens (tertiary/aromatic N) is 1. The average molecular weight is 246 g/mol. The second-order valence-electron chi connectivity index (χ2n) is 5.32. The van der Waals surface area contributed by atoms with Crippen molar-refractivity contribution in [3.63, 3.8) is 0 Å². The topological polar surface area (TPSA) is 15.3 Å². The number of rotatable bonds is 5. The van der Waals surface area contributed by atoms with Crippen molar-refractivity contribution < 1.29 is 0 Å². The summed E-state index contributed by atoms with van der Waals surface area (Å²) in [6, 6.07) is 9.57. The van der Waals surface area contributed by atoms with Crippen molar-refractivity contribution in [3.8, 4) is 0 Å². The summed E-state index contributed by atoms with van der Waals surface area (Å²) >= 11 is 0. The van der Waals surface area contributed by atoms with Crippen LogP contribution in [0.5, 0.6) is 0 Å². The van der Waals surface area contributed by atoms with Crippen LogP contribution in [-0.4, -0.2) is 19.6 Å². The van der Waals surface area contributed by atoms with Gasteiger partial charge in [0.2, 0.25) is 0 Å². The van der Waals surface area contributed by atoms with Gasteiger partial charge in [-0.25, -0.2) is 0 Å². The minimum Gasteiger partial charge on any atom is -0.372 e. The van der Waals surface area contributed by atoms with Crippen LogP contribution in [0.25, 0.3) is 0 Å². The van der Waals surface area contributed by atoms with Crippen molar-refractivity contribution in [2.75, 3.05) is 24.5 Å². The van der Waals surface area contributed by atoms with Crippen molar-refractivity contribution in [3.05, 3.63) is 29.8 Å². The van der Waals surface area contributed by atoms with Gasteiger partial charge in [-0.1, -0.05) is 19.1 Å². The Labute approximate surface area is 111 Å². The Morgan fingerprint density at radius 3 is 2.39 bits per heavy atom. The van der Waals surface area contributed by atoms with Gasteiger partial charge in [-0.2, -0.15) is 0 Å². The maximum absolute atomic E-state index is 3.53. The third-order valence-corrected chi connectivity index (χ3v) is 3.81. The Morgan fingerprint density at radius 2 is 1.78 bits per heavy atom. The first-order valence-electron chi connectivity index (χ1n) is 7.39. The molecule has 0 spiro atoms. The first-order valence-corrected chi connectivity index (χ1v) is 7.39. The molecule has 2 nitrogen and oxygen atoms in total. The standard InChI is InChI=1S/C16H26N2/c1-3-11-17-14(2)15-7-9-16(10-8-15)18-12-5-4-6-13-18/h7-10,14,17H,3-6,11-13H2,1-2H3. The largest absolute Gasteiger partial charge is 0.372 e. The Hall–Kier alpha value is -1.02. The van der Waals surface area contributed by atoms with E-state index in [4.69, 9.17) is 0 Å². The second kappa shape index (κ2) is 6.79. The lowest BCUT2D eigenvalue weighted by Gasteiger charge is -2.29. The Morgan fingerprint density at radius 1 is 1.11 bits per heavy atom. The molecule has 1 saturated heterocycles. The lowest BCUT2D eigenvalue weighted by molar-refractivity contribution is 0.568. The molecule has 0 radical (unpaired) electrons. The Bertz CT molecular complexity index is 339. The van der Waals surface area contributed by atoms with E-state index in [-0.39, 0.29) is 0 Å². The molecule has 0 aromatic heterocycles. The van der Waals surface area contributed by atoms with E-state index in [1.807, 2.05) is 0 Å². The van der Waals surface area contributed by atoms with Crippen LogP contribution >= 0.6 is 0 Å². The Balaban J connectivity index is 1.95. The number of anilines is 1. The van der Waals surface area contributed by atoms with Gasteiger partial charge in [0, 0.05) is 24.8 Å². The summed E-state index contributed by atoms with van der Waals surface area (Å²) in [4.78, 5) is 2.51. The van der Waals surface area contributed by atoms with Crippen LogP contribution in [0.3, 0.4) is 0 Å². The molecule has 0 amide bonds. The summed E-state index contributed by atoms with van der Waals surface area (Å²) in [6.45, 7) is 7.99. The molecule has 0 saturated carbocycles. The molecule has 1 aliphatic rings. The molecule has 1 aromatic carbocycles. The fraction of sp³-hybridized carbons (Fsp3) is 0.625. The average Bonchev–Trinajstić information content (AvgIpc) is 2.46. The molecule has 1 fully saturated rings. The number of piperidine rings is 1. The van der Waals surface area contributed by atoms with Crippen LogP contribution in [0, 0.1) is 0 Å². The molecule has 1 aromatic rings. The zero-order valence-corrected chi connectivity index (χ0v) is 11.8. The summed E-state index contributed by atoms with van der Waals surface area (Å²) in [6.07, 6.45) is 5.27. The molecule has 1 heterocycles. The van der Waals surface area contributed by atoms with Gasteiger partial charge >= 0.3 is 0 Å². The molecule has 0 aliphatic carbocycles. The van der Waals surface area contributed by atoms with E-state index in [2.05, 4.69) is 48.3 Å². The second-order valence-corrected chi connectivity index (χ2v) is 5.32. The van der Waals surface area contributed by atoms with Crippen molar-refractivity contribution in [2.24, 2.45) is 0 Å². The highest BCUT2D eigenvalue weighted by Crippen LogP contribution is 2.22. The van der Waals surface area contributed by atoms with E-state index in [0.29, 0.717) is 6.04 Å². The summed E-state index contributed by atoms with van der Waals surface area (Å²) in [5.41, 5.74) is 2.78. The van der Waals surface area contributed by atoms with E-state index in [1.54, 1.807) is 0 Å². The minimum atomic E-state index is 0.459. The molecule has 1 unspecified atom stereocenters. The minimum absolute atomic E-state index is 0.459. The fourth-order valence-corrected chi connectivity index (χ4v) is 2.60. The molecule has 100 valence electrons. The normalized spacial score (nSPS) is 17.8. The molecule has 2 heteroatoms. The molecular formula is C16H26N2. The number of nitrogens with one attached hydrogen (secondary N) is 1. The lowest BCUT2D eigenvalue weighted by Crippen LogP contribution is -2.29. The van der Waals surface area contributed by atoms with Crippen LogP contribution in [0.2, 0.25) is 0 Å². The lowest BCUT2D eigenvalue weighted by atomic mass is 10.1. The maximum Gasteiger partial charge on any atom is 0.0366 e. The van der Waals surface area contributed by atoms with Gasteiger partial charge in [0.1, 0.15) is 0 Å². The van der Waals surface area contributed by atoms with E-state index >= 15 is 0 Å². The first kappa shape index (κ1) is 13.4. The SMILES string of the molecule is CCCNC(C)c1ccc(N2CCCCC2)cc1. The predicted octanol–water partition coefficient (Wildman–Crippen LogP) is 3.74. The fourth-order valence-electron chi connectivity index (χ4n) is 2.60. The predicted molar refractivity (Wildman–Crippen MR) is 79.2 cm³/mol. The van der Waals surface area contributed by atoms with Gasteiger partial charge in [-0.15, -0.1) is 0 Å². The summed E-state index contributed by atoms with van der Waals surface area (Å²) < 4.78 is 0. The van der Waals surface area contributed by atoms with Crippen LogP contribution < -0.4 is 10.2 Å². The van der Waals surface area contributed by atoms with Gasteiger partial charge in [0.05, 0.1) is 0 Å². The molecule has 1 atom stereocenters. The highest BCUT2D eigenvalue weighted by atomic mass is 15.1. The zero-order valence-electron chi connectivity index (χ0n) is 11.8. The van der Waals surface area contributed by atoms with E-state index in [0.717, 1.165) is 6.54 Å². The summed E-state index contributed by atoms with van der Waals surface area (Å²) in [7, 11) is 0. The summed E-state index contributed by atoms with van der Waals surface area (Å²) in [5, 5.41) is 3.53. The van der Waals surface area contributed by atoms with Crippen LogP contribution in [-0.2, 0) is 0 Å². The van der Waals surface area contributed by atoms with Gasteiger partial charge in [-0.05, 0) is 56.8 Å². The molecule has 18 heavy (non-hydrogen) atoms. The van der Waals surface area contributed by atoms with Crippen LogP contribution in [0.4, 0.5) is 5.69 Å². The quantitative estimate of drug-likeness (QED) is 0.851. The molecule has 2 rings (SSSR count). The number of benzene rings is 1. The van der Waals surface area contributed by atoms with Crippen LogP contribution in [0.15, 0.2) is 24.3 Å². The van der Waals surface area contributed by atoms with Crippen LogP contribution in [0.1, 0.15) is 51.1 Å². The van der Waals surface area contributed by atoms with Crippen molar-refractivity contribution in [1.82, 2.24) is 5.32 Å². The van der Waals surface area contributed by atoms with Gasteiger partial charge in [0.15, 0.2) is 0 Å². The third-order valence-electron chi connectivity index (χ3n) is 3.81. The van der Waals surface area contributed by atoms with Gasteiger partial charge in [0.25, 0.3) is 0 Å². The molecule has 1 aliphatic heterocycles. The molecular weight excluding hydrogens is 220 g/mol. The van der Waals surface area contributed by atoms with E-state index < -0.39 is 0 Å². The number of hydrogen-bond acceptors (Lipinski definition) is 2. The van der Waals surface area contributed by atoms with Gasteiger partial charge < -0.3 is 10.2 Å². The zero-order chi connectivity index (χ0) is 12.8. The highest BCUT2D eigenvalue weighted by Gasteiger charge is 2.11. The van der Waals surface area contributed by atoms with Gasteiger partial charge in [-0.3, -0.25) is 0 Å². The van der Waals surface area contributed by atoms with Crippen molar-refractivity contribution in [2.45, 2.75) is 45.6 Å². The van der Waals surface area contributed by atoms with E-state index in [1.165, 1.54) is 50.0 Å². The smallest absolute Gasteiger partial charge is 0.0366 e. The van der Waals surface area contributed by atoms with E-state index in [9.17, 15) is 0 Å². The van der Waals surface area contributed by atoms with Crippen molar-refractivity contribution in [1.29, 1.82) is 0 Å².